The Kier molecular flexibility index (Phi) is 5.74. The van der Waals surface area contributed by atoms with Gasteiger partial charge in [-0.25, -0.2) is 0 Å². The SMILES string of the molecule is COc1ccc(CNC(=O)CC(=O)Nc2ccccc2C)cc1. The summed E-state index contributed by atoms with van der Waals surface area (Å²) in [5, 5.41) is 5.47. The summed E-state index contributed by atoms with van der Waals surface area (Å²) in [6.07, 6.45) is -0.204. The fourth-order valence-electron chi connectivity index (χ4n) is 2.06. The molecule has 23 heavy (non-hydrogen) atoms. The van der Waals surface area contributed by atoms with E-state index in [1.807, 2.05) is 55.5 Å². The average molecular weight is 312 g/mol. The van der Waals surface area contributed by atoms with E-state index >= 15 is 0 Å². The molecule has 5 nitrogen and oxygen atoms in total. The molecule has 0 fully saturated rings. The van der Waals surface area contributed by atoms with Crippen molar-refractivity contribution in [3.8, 4) is 5.75 Å². The number of carbonyl (C=O) groups is 2. The van der Waals surface area contributed by atoms with Crippen molar-refractivity contribution in [2.45, 2.75) is 19.9 Å². The van der Waals surface area contributed by atoms with Crippen LogP contribution in [0.4, 0.5) is 5.69 Å². The van der Waals surface area contributed by atoms with Crippen LogP contribution < -0.4 is 15.4 Å². The van der Waals surface area contributed by atoms with E-state index in [0.717, 1.165) is 22.6 Å². The van der Waals surface area contributed by atoms with Crippen molar-refractivity contribution >= 4 is 17.5 Å². The van der Waals surface area contributed by atoms with E-state index in [1.165, 1.54) is 0 Å². The van der Waals surface area contributed by atoms with Gasteiger partial charge in [0.15, 0.2) is 0 Å². The van der Waals surface area contributed by atoms with Gasteiger partial charge in [-0.15, -0.1) is 0 Å². The molecule has 0 saturated carbocycles. The summed E-state index contributed by atoms with van der Waals surface area (Å²) in [6, 6.07) is 14.8. The highest BCUT2D eigenvalue weighted by atomic mass is 16.5. The number of hydrogen-bond donors (Lipinski definition) is 2. The van der Waals surface area contributed by atoms with Crippen LogP contribution >= 0.6 is 0 Å². The molecule has 0 atom stereocenters. The number of hydrogen-bond acceptors (Lipinski definition) is 3. The number of rotatable bonds is 6. The lowest BCUT2D eigenvalue weighted by Gasteiger charge is -2.09. The van der Waals surface area contributed by atoms with E-state index in [1.54, 1.807) is 7.11 Å². The second-order valence-electron chi connectivity index (χ2n) is 5.16. The number of aryl methyl sites for hydroxylation is 1. The van der Waals surface area contributed by atoms with Crippen molar-refractivity contribution in [1.82, 2.24) is 5.32 Å². The first-order valence-electron chi connectivity index (χ1n) is 7.33. The molecule has 0 unspecified atom stereocenters. The van der Waals surface area contributed by atoms with Crippen LogP contribution in [0.1, 0.15) is 17.5 Å². The smallest absolute Gasteiger partial charge is 0.233 e. The lowest BCUT2D eigenvalue weighted by molar-refractivity contribution is -0.126. The predicted octanol–water partition coefficient (Wildman–Crippen LogP) is 2.65. The van der Waals surface area contributed by atoms with Crippen molar-refractivity contribution in [3.63, 3.8) is 0 Å². The first-order valence-corrected chi connectivity index (χ1v) is 7.33. The Hall–Kier alpha value is -2.82. The monoisotopic (exact) mass is 312 g/mol. The van der Waals surface area contributed by atoms with Crippen LogP contribution in [0.25, 0.3) is 0 Å². The molecule has 0 heterocycles. The lowest BCUT2D eigenvalue weighted by atomic mass is 10.2. The third-order valence-electron chi connectivity index (χ3n) is 3.39. The van der Waals surface area contributed by atoms with Crippen LogP contribution in [0.3, 0.4) is 0 Å². The molecular weight excluding hydrogens is 292 g/mol. The van der Waals surface area contributed by atoms with E-state index in [0.29, 0.717) is 6.54 Å². The summed E-state index contributed by atoms with van der Waals surface area (Å²) in [4.78, 5) is 23.7. The van der Waals surface area contributed by atoms with Gasteiger partial charge < -0.3 is 15.4 Å². The average Bonchev–Trinajstić information content (AvgIpc) is 2.55. The van der Waals surface area contributed by atoms with Gasteiger partial charge in [0, 0.05) is 12.2 Å². The van der Waals surface area contributed by atoms with Crippen molar-refractivity contribution in [1.29, 1.82) is 0 Å². The van der Waals surface area contributed by atoms with Crippen LogP contribution in [0.15, 0.2) is 48.5 Å². The Morgan fingerprint density at radius 2 is 1.70 bits per heavy atom. The normalized spacial score (nSPS) is 10.0. The molecule has 0 aliphatic carbocycles. The van der Waals surface area contributed by atoms with Crippen molar-refractivity contribution in [2.75, 3.05) is 12.4 Å². The molecule has 2 aromatic carbocycles. The van der Waals surface area contributed by atoms with Crippen LogP contribution in [0, 0.1) is 6.92 Å². The molecule has 5 heteroatoms. The first kappa shape index (κ1) is 16.5. The van der Waals surface area contributed by atoms with E-state index in [-0.39, 0.29) is 18.2 Å². The third-order valence-corrected chi connectivity index (χ3v) is 3.39. The van der Waals surface area contributed by atoms with Gasteiger partial charge in [-0.05, 0) is 36.2 Å². The maximum atomic E-state index is 11.9. The second-order valence-corrected chi connectivity index (χ2v) is 5.16. The molecule has 0 saturated heterocycles. The lowest BCUT2D eigenvalue weighted by Crippen LogP contribution is -2.27. The minimum absolute atomic E-state index is 0.204. The highest BCUT2D eigenvalue weighted by Gasteiger charge is 2.10. The number of anilines is 1. The van der Waals surface area contributed by atoms with E-state index in [2.05, 4.69) is 10.6 Å². The molecule has 2 N–H and O–H groups in total. The minimum Gasteiger partial charge on any atom is -0.497 e. The molecular formula is C18H20N2O3. The van der Waals surface area contributed by atoms with Gasteiger partial charge in [0.2, 0.25) is 11.8 Å². The molecule has 2 amide bonds. The quantitative estimate of drug-likeness (QED) is 0.806. The van der Waals surface area contributed by atoms with Gasteiger partial charge >= 0.3 is 0 Å². The largest absolute Gasteiger partial charge is 0.497 e. The highest BCUT2D eigenvalue weighted by molar-refractivity contribution is 6.03. The summed E-state index contributed by atoms with van der Waals surface area (Å²) in [7, 11) is 1.60. The van der Waals surface area contributed by atoms with Crippen molar-refractivity contribution < 1.29 is 14.3 Å². The first-order chi connectivity index (χ1) is 11.1. The van der Waals surface area contributed by atoms with Gasteiger partial charge in [-0.1, -0.05) is 30.3 Å². The van der Waals surface area contributed by atoms with Gasteiger partial charge in [0.1, 0.15) is 12.2 Å². The molecule has 0 aromatic heterocycles. The molecule has 120 valence electrons. The number of carbonyl (C=O) groups excluding carboxylic acids is 2. The Bertz CT molecular complexity index is 681. The zero-order valence-electron chi connectivity index (χ0n) is 13.3. The predicted molar refractivity (Wildman–Crippen MR) is 89.3 cm³/mol. The summed E-state index contributed by atoms with van der Waals surface area (Å²) >= 11 is 0. The molecule has 0 spiro atoms. The van der Waals surface area contributed by atoms with E-state index in [4.69, 9.17) is 4.74 Å². The number of benzene rings is 2. The third kappa shape index (κ3) is 5.14. The molecule has 0 radical (unpaired) electrons. The number of amides is 2. The zero-order chi connectivity index (χ0) is 16.7. The summed E-state index contributed by atoms with van der Waals surface area (Å²) in [5.74, 6) is 0.121. The van der Waals surface area contributed by atoms with Gasteiger partial charge in [0.05, 0.1) is 7.11 Å². The molecule has 0 bridgehead atoms. The second kappa shape index (κ2) is 7.98. The summed E-state index contributed by atoms with van der Waals surface area (Å²) in [6.45, 7) is 2.28. The number of para-hydroxylation sites is 1. The van der Waals surface area contributed by atoms with Crippen molar-refractivity contribution in [2.24, 2.45) is 0 Å². The highest BCUT2D eigenvalue weighted by Crippen LogP contribution is 2.13. The summed E-state index contributed by atoms with van der Waals surface area (Å²) < 4.78 is 5.07. The van der Waals surface area contributed by atoms with Crippen molar-refractivity contribution in [3.05, 3.63) is 59.7 Å². The fourth-order valence-corrected chi connectivity index (χ4v) is 2.06. The van der Waals surface area contributed by atoms with Crippen LogP contribution in [-0.2, 0) is 16.1 Å². The maximum Gasteiger partial charge on any atom is 0.233 e. The van der Waals surface area contributed by atoms with Crippen LogP contribution in [0.2, 0.25) is 0 Å². The molecule has 2 rings (SSSR count). The Labute approximate surface area is 135 Å². The van der Waals surface area contributed by atoms with E-state index in [9.17, 15) is 9.59 Å². The van der Waals surface area contributed by atoms with Gasteiger partial charge in [-0.2, -0.15) is 0 Å². The zero-order valence-corrected chi connectivity index (χ0v) is 13.3. The maximum absolute atomic E-state index is 11.9. The summed E-state index contributed by atoms with van der Waals surface area (Å²) in [5.41, 5.74) is 2.62. The number of nitrogens with one attached hydrogen (secondary N) is 2. The molecule has 2 aromatic rings. The Balaban J connectivity index is 1.79. The fraction of sp³-hybridized carbons (Fsp3) is 0.222. The minimum atomic E-state index is -0.327. The number of methoxy groups -OCH3 is 1. The van der Waals surface area contributed by atoms with Crippen LogP contribution in [-0.4, -0.2) is 18.9 Å². The molecule has 0 aliphatic heterocycles. The Morgan fingerprint density at radius 3 is 2.35 bits per heavy atom. The topological polar surface area (TPSA) is 67.4 Å². The van der Waals surface area contributed by atoms with Gasteiger partial charge in [-0.3, -0.25) is 9.59 Å². The van der Waals surface area contributed by atoms with Gasteiger partial charge in [0.25, 0.3) is 0 Å². The standard InChI is InChI=1S/C18H20N2O3/c1-13-5-3-4-6-16(13)20-18(22)11-17(21)19-12-14-7-9-15(23-2)10-8-14/h3-10H,11-12H2,1-2H3,(H,19,21)(H,20,22). The van der Waals surface area contributed by atoms with E-state index < -0.39 is 0 Å². The number of ether oxygens (including phenoxy) is 1. The molecule has 0 aliphatic rings. The Morgan fingerprint density at radius 1 is 1.00 bits per heavy atom. The van der Waals surface area contributed by atoms with Crippen LogP contribution in [0.5, 0.6) is 5.75 Å².